The van der Waals surface area contributed by atoms with E-state index in [-0.39, 0.29) is 22.6 Å². The Morgan fingerprint density at radius 3 is 1.87 bits per heavy atom. The fraction of sp³-hybridized carbons (Fsp3) is 0.373. The molecule has 2 fully saturated rings. The molecule has 4 aromatic heterocycles. The van der Waals surface area contributed by atoms with E-state index in [4.69, 9.17) is 14.5 Å². The smallest absolute Gasteiger partial charge is 0.316 e. The number of nitrogens with zero attached hydrogens (tertiary/aromatic N) is 7. The number of ether oxygens (including phenoxy) is 2. The number of hydrogen-bond donors (Lipinski definition) is 3. The third-order valence-electron chi connectivity index (χ3n) is 14.2. The predicted octanol–water partition coefficient (Wildman–Crippen LogP) is 9.13. The summed E-state index contributed by atoms with van der Waals surface area (Å²) < 4.78 is 103. The molecule has 3 atom stereocenters. The maximum absolute atomic E-state index is 16.8. The van der Waals surface area contributed by atoms with Crippen molar-refractivity contribution in [2.75, 3.05) is 68.1 Å². The first-order chi connectivity index (χ1) is 34.0. The van der Waals surface area contributed by atoms with Gasteiger partial charge in [0.25, 0.3) is 0 Å². The Hall–Kier alpha value is -6.06. The molecule has 3 N–H and O–H groups in total. The van der Waals surface area contributed by atoms with E-state index in [1.165, 1.54) is 12.1 Å². The molecule has 71 heavy (non-hydrogen) atoms. The molecule has 11 rings (SSSR count). The number of pyridine rings is 2. The maximum atomic E-state index is 16.8. The first kappa shape index (κ1) is 47.3. The van der Waals surface area contributed by atoms with Crippen LogP contribution in [0.25, 0.3) is 21.8 Å². The van der Waals surface area contributed by atoms with E-state index in [0.717, 1.165) is 0 Å². The summed E-state index contributed by atoms with van der Waals surface area (Å²) in [6.45, 7) is 9.00. The number of benzene rings is 3. The lowest BCUT2D eigenvalue weighted by Crippen LogP contribution is -2.37. The normalized spacial score (nSPS) is 20.6. The Morgan fingerprint density at radius 1 is 0.718 bits per heavy atom. The molecule has 0 amide bonds. The summed E-state index contributed by atoms with van der Waals surface area (Å²) in [7, 11) is -5.76. The van der Waals surface area contributed by atoms with Gasteiger partial charge in [0, 0.05) is 84.8 Å². The maximum Gasteiger partial charge on any atom is 0.316 e. The third kappa shape index (κ3) is 8.60. The van der Waals surface area contributed by atoms with Gasteiger partial charge in [-0.2, -0.15) is 17.6 Å². The van der Waals surface area contributed by atoms with Crippen LogP contribution in [0.15, 0.2) is 85.2 Å². The quantitative estimate of drug-likeness (QED) is 0.0829. The Bertz CT molecular complexity index is 3340. The molecule has 0 spiro atoms. The highest BCUT2D eigenvalue weighted by Gasteiger charge is 2.53. The number of rotatable bonds is 11. The van der Waals surface area contributed by atoms with Gasteiger partial charge in [-0.15, -0.1) is 0 Å². The number of nitrogens with one attached hydrogen (secondary N) is 3. The van der Waals surface area contributed by atoms with Gasteiger partial charge >= 0.3 is 11.8 Å². The van der Waals surface area contributed by atoms with Crippen LogP contribution in [-0.2, 0) is 27.5 Å². The third-order valence-corrected chi connectivity index (χ3v) is 20.1. The zero-order chi connectivity index (χ0) is 49.5. The molecule has 20 heteroatoms. The van der Waals surface area contributed by atoms with Crippen molar-refractivity contribution in [1.29, 1.82) is 0 Å². The van der Waals surface area contributed by atoms with E-state index in [1.54, 1.807) is 74.8 Å². The largest absolute Gasteiger partial charge is 0.486 e. The van der Waals surface area contributed by atoms with E-state index in [1.807, 2.05) is 26.0 Å². The minimum Gasteiger partial charge on any atom is -0.486 e. The number of halogens is 4. The highest BCUT2D eigenvalue weighted by Crippen LogP contribution is 2.56. The van der Waals surface area contributed by atoms with Gasteiger partial charge in [0.1, 0.15) is 59.9 Å². The van der Waals surface area contributed by atoms with Gasteiger partial charge < -0.3 is 34.6 Å². The van der Waals surface area contributed by atoms with Crippen molar-refractivity contribution in [3.8, 4) is 11.5 Å². The molecule has 0 aliphatic carbocycles. The fourth-order valence-electron chi connectivity index (χ4n) is 10.3. The summed E-state index contributed by atoms with van der Waals surface area (Å²) in [5.74, 6) is -4.30. The van der Waals surface area contributed by atoms with Crippen LogP contribution in [0.3, 0.4) is 0 Å². The molecular formula is C51H52F4N10O4P2. The highest BCUT2D eigenvalue weighted by atomic mass is 31.2. The Labute approximate surface area is 407 Å². The fourth-order valence-corrected chi connectivity index (χ4v) is 15.2. The minimum absolute atomic E-state index is 0.103. The van der Waals surface area contributed by atoms with E-state index < -0.39 is 50.9 Å². The Balaban J connectivity index is 0.803. The first-order valence-electron chi connectivity index (χ1n) is 23.8. The number of fused-ring (bicyclic) bond motifs is 4. The van der Waals surface area contributed by atoms with Gasteiger partial charge in [-0.3, -0.25) is 14.9 Å². The Kier molecular flexibility index (Phi) is 11.9. The second kappa shape index (κ2) is 17.9. The molecule has 0 saturated carbocycles. The lowest BCUT2D eigenvalue weighted by molar-refractivity contribution is -0.0786. The van der Waals surface area contributed by atoms with Crippen molar-refractivity contribution in [2.24, 2.45) is 0 Å². The molecule has 4 aliphatic rings. The average Bonchev–Trinajstić information content (AvgIpc) is 3.82. The molecule has 1 unspecified atom stereocenters. The van der Waals surface area contributed by atoms with Crippen molar-refractivity contribution in [2.45, 2.75) is 64.3 Å². The lowest BCUT2D eigenvalue weighted by atomic mass is 9.94. The van der Waals surface area contributed by atoms with Crippen LogP contribution in [0.1, 0.15) is 77.1 Å². The van der Waals surface area contributed by atoms with Gasteiger partial charge in [-0.1, -0.05) is 48.5 Å². The van der Waals surface area contributed by atoms with Gasteiger partial charge in [0.05, 0.1) is 46.6 Å². The standard InChI is InChI=1S/C51H52F4N10O4P2/c1-29(34-11-7-13-39-45(34)68-28-50(39,52)53)59-48-38-24-44(58-26-42(38)62-31(3)63-48)71(67)21-17-65(18-22-71)27-33-9-5-6-10-36(33)47-51(54,55)40-14-8-12-35(46(40)69-47)30(2)60-49-37-23-43(70(66)19-15-56-16-20-70)57-25-41(37)61-32(4)64-49/h5-14,23-26,29-30,47,56H,15-22,27-28H2,1-4H3,(H,59,62,63)(H,60,61,64)/t29-,30-,47?/m1/s1. The molecule has 7 aromatic rings. The first-order valence-corrected chi connectivity index (χ1v) is 28.0. The minimum atomic E-state index is -3.38. The highest BCUT2D eigenvalue weighted by molar-refractivity contribution is 7.71. The van der Waals surface area contributed by atoms with Crippen molar-refractivity contribution in [3.63, 3.8) is 0 Å². The predicted molar refractivity (Wildman–Crippen MR) is 266 cm³/mol. The molecule has 3 aromatic carbocycles. The lowest BCUT2D eigenvalue weighted by Gasteiger charge is -2.33. The Morgan fingerprint density at radius 2 is 1.27 bits per heavy atom. The number of alkyl halides is 4. The van der Waals surface area contributed by atoms with Crippen LogP contribution in [-0.4, -0.2) is 92.2 Å². The molecule has 14 nitrogen and oxygen atoms in total. The van der Waals surface area contributed by atoms with Crippen molar-refractivity contribution in [1.82, 2.24) is 40.1 Å². The van der Waals surface area contributed by atoms with Crippen molar-refractivity contribution in [3.05, 3.63) is 130 Å². The van der Waals surface area contributed by atoms with Crippen LogP contribution < -0.4 is 36.3 Å². The molecular weight excluding hydrogens is 955 g/mol. The number of anilines is 2. The van der Waals surface area contributed by atoms with Crippen molar-refractivity contribution >= 4 is 58.6 Å². The van der Waals surface area contributed by atoms with Crippen LogP contribution >= 0.6 is 14.3 Å². The van der Waals surface area contributed by atoms with E-state index in [0.29, 0.717) is 136 Å². The zero-order valence-electron chi connectivity index (χ0n) is 39.6. The van der Waals surface area contributed by atoms with Crippen LogP contribution in [0.4, 0.5) is 29.2 Å². The zero-order valence-corrected chi connectivity index (χ0v) is 41.3. The van der Waals surface area contributed by atoms with Gasteiger partial charge in [-0.05, 0) is 57.5 Å². The number of para-hydroxylation sites is 2. The average molecular weight is 1010 g/mol. The second-order valence-electron chi connectivity index (χ2n) is 19.1. The molecule has 8 heterocycles. The summed E-state index contributed by atoms with van der Waals surface area (Å²) in [6.07, 6.45) is 3.26. The summed E-state index contributed by atoms with van der Waals surface area (Å²) in [5, 5.41) is 11.3. The van der Waals surface area contributed by atoms with Gasteiger partial charge in [-0.25, -0.2) is 19.9 Å². The van der Waals surface area contributed by atoms with Gasteiger partial charge in [0.2, 0.25) is 0 Å². The van der Waals surface area contributed by atoms with Crippen LogP contribution in [0.2, 0.25) is 0 Å². The molecule has 2 saturated heterocycles. The number of hydrogen-bond acceptors (Lipinski definition) is 14. The summed E-state index contributed by atoms with van der Waals surface area (Å²) >= 11 is 0. The van der Waals surface area contributed by atoms with Crippen LogP contribution in [0.5, 0.6) is 11.5 Å². The summed E-state index contributed by atoms with van der Waals surface area (Å²) in [6, 6.07) is 19.2. The SMILES string of the molecule is Cc1nc(N[C@H](C)c2cccc3c2OCC3(F)F)c2cc(P3(=O)CCN(Cc4ccccc4C4Oc5c([C@@H](C)Nc6nc(C)nc7cnc(P8(=O)CCNCC8)cc67)cccc5C4(F)F)CC3)ncc2n1. The number of aryl methyl sites for hydroxylation is 2. The van der Waals surface area contributed by atoms with E-state index >= 15 is 8.78 Å². The molecule has 368 valence electrons. The summed E-state index contributed by atoms with van der Waals surface area (Å²) in [5.41, 5.74) is 3.86. The van der Waals surface area contributed by atoms with Gasteiger partial charge in [0.15, 0.2) is 12.7 Å². The van der Waals surface area contributed by atoms with E-state index in [9.17, 15) is 17.9 Å². The number of aromatic nitrogens is 6. The topological polar surface area (TPSA) is 169 Å². The second-order valence-corrected chi connectivity index (χ2v) is 25.3. The molecule has 0 radical (unpaired) electrons. The molecule has 4 aliphatic heterocycles. The van der Waals surface area contributed by atoms with E-state index in [2.05, 4.69) is 45.8 Å². The van der Waals surface area contributed by atoms with Crippen LogP contribution in [0, 0.1) is 13.8 Å². The van der Waals surface area contributed by atoms with Crippen molar-refractivity contribution < 1.29 is 36.2 Å². The summed E-state index contributed by atoms with van der Waals surface area (Å²) in [4.78, 5) is 29.9. The monoisotopic (exact) mass is 1010 g/mol. The molecule has 0 bridgehead atoms.